The Labute approximate surface area is 136 Å². The average molecular weight is 310 g/mol. The number of hydrogen-bond donors (Lipinski definition) is 2. The Kier molecular flexibility index (Phi) is 5.66. The van der Waals surface area contributed by atoms with Gasteiger partial charge in [0.1, 0.15) is 0 Å². The number of hydrogen-bond acceptors (Lipinski definition) is 3. The van der Waals surface area contributed by atoms with Gasteiger partial charge in [0.15, 0.2) is 5.78 Å². The minimum absolute atomic E-state index is 0.132. The molecule has 0 aliphatic carbocycles. The second kappa shape index (κ2) is 7.70. The number of carbonyl (C=O) groups is 2. The van der Waals surface area contributed by atoms with Gasteiger partial charge < -0.3 is 10.6 Å². The number of aryl methyl sites for hydroxylation is 2. The number of benzene rings is 2. The van der Waals surface area contributed by atoms with Gasteiger partial charge >= 0.3 is 0 Å². The standard InChI is InChI=1S/C19H22N2O2/c1-13-8-9-15(12-14(13)2)18(22)16-6-4-5-7-17(16)19(23)21-11-10-20-3/h4-9,12,20H,10-11H2,1-3H3,(H,21,23). The monoisotopic (exact) mass is 310 g/mol. The van der Waals surface area contributed by atoms with E-state index in [1.807, 2.05) is 33.0 Å². The summed E-state index contributed by atoms with van der Waals surface area (Å²) >= 11 is 0. The fourth-order valence-corrected chi connectivity index (χ4v) is 2.31. The molecule has 0 aliphatic heterocycles. The minimum atomic E-state index is -0.229. The molecule has 120 valence electrons. The lowest BCUT2D eigenvalue weighted by Gasteiger charge is -2.10. The molecule has 2 aromatic carbocycles. The first-order valence-electron chi connectivity index (χ1n) is 7.68. The SMILES string of the molecule is CNCCNC(=O)c1ccccc1C(=O)c1ccc(C)c(C)c1. The molecular weight excluding hydrogens is 288 g/mol. The van der Waals surface area contributed by atoms with E-state index in [0.717, 1.165) is 11.1 Å². The highest BCUT2D eigenvalue weighted by Crippen LogP contribution is 2.17. The molecule has 0 spiro atoms. The summed E-state index contributed by atoms with van der Waals surface area (Å²) in [5.74, 6) is -0.361. The van der Waals surface area contributed by atoms with Crippen LogP contribution in [0, 0.1) is 13.8 Å². The van der Waals surface area contributed by atoms with Crippen LogP contribution in [0.4, 0.5) is 0 Å². The second-order valence-electron chi connectivity index (χ2n) is 5.53. The zero-order chi connectivity index (χ0) is 16.8. The van der Waals surface area contributed by atoms with Crippen LogP contribution in [-0.2, 0) is 0 Å². The highest BCUT2D eigenvalue weighted by molar-refractivity contribution is 6.15. The highest BCUT2D eigenvalue weighted by Gasteiger charge is 2.18. The molecule has 0 atom stereocenters. The van der Waals surface area contributed by atoms with Crippen molar-refractivity contribution in [2.45, 2.75) is 13.8 Å². The summed E-state index contributed by atoms with van der Waals surface area (Å²) in [7, 11) is 1.82. The summed E-state index contributed by atoms with van der Waals surface area (Å²) in [5, 5.41) is 5.78. The van der Waals surface area contributed by atoms with Crippen molar-refractivity contribution in [2.24, 2.45) is 0 Å². The maximum absolute atomic E-state index is 12.8. The number of nitrogens with one attached hydrogen (secondary N) is 2. The molecule has 0 aliphatic rings. The largest absolute Gasteiger partial charge is 0.351 e. The lowest BCUT2D eigenvalue weighted by Crippen LogP contribution is -2.31. The molecule has 0 aromatic heterocycles. The van der Waals surface area contributed by atoms with E-state index in [-0.39, 0.29) is 11.7 Å². The van der Waals surface area contributed by atoms with E-state index in [2.05, 4.69) is 10.6 Å². The van der Waals surface area contributed by atoms with Crippen molar-refractivity contribution in [2.75, 3.05) is 20.1 Å². The summed E-state index contributed by atoms with van der Waals surface area (Å²) in [4.78, 5) is 25.1. The third-order valence-electron chi connectivity index (χ3n) is 3.85. The Balaban J connectivity index is 2.30. The summed E-state index contributed by atoms with van der Waals surface area (Å²) < 4.78 is 0. The van der Waals surface area contributed by atoms with E-state index >= 15 is 0 Å². The molecule has 2 N–H and O–H groups in total. The molecule has 23 heavy (non-hydrogen) atoms. The van der Waals surface area contributed by atoms with Gasteiger partial charge in [-0.3, -0.25) is 9.59 Å². The first-order chi connectivity index (χ1) is 11.0. The van der Waals surface area contributed by atoms with Crippen molar-refractivity contribution in [1.29, 1.82) is 0 Å². The van der Waals surface area contributed by atoms with Crippen molar-refractivity contribution < 1.29 is 9.59 Å². The van der Waals surface area contributed by atoms with Gasteiger partial charge in [-0.05, 0) is 44.2 Å². The Bertz CT molecular complexity index is 723. The van der Waals surface area contributed by atoms with Gasteiger partial charge in [-0.25, -0.2) is 0 Å². The molecule has 2 aromatic rings. The van der Waals surface area contributed by atoms with Crippen molar-refractivity contribution in [3.05, 3.63) is 70.3 Å². The Morgan fingerprint density at radius 3 is 2.26 bits per heavy atom. The van der Waals surface area contributed by atoms with Crippen LogP contribution < -0.4 is 10.6 Å². The average Bonchev–Trinajstić information content (AvgIpc) is 2.57. The second-order valence-corrected chi connectivity index (χ2v) is 5.53. The van der Waals surface area contributed by atoms with Gasteiger partial charge in [-0.15, -0.1) is 0 Å². The van der Waals surface area contributed by atoms with E-state index in [1.54, 1.807) is 30.3 Å². The molecule has 4 heteroatoms. The molecule has 0 saturated carbocycles. The van der Waals surface area contributed by atoms with Crippen LogP contribution in [-0.4, -0.2) is 31.8 Å². The third-order valence-corrected chi connectivity index (χ3v) is 3.85. The van der Waals surface area contributed by atoms with Gasteiger partial charge in [0.25, 0.3) is 5.91 Å². The molecule has 0 unspecified atom stereocenters. The van der Waals surface area contributed by atoms with E-state index < -0.39 is 0 Å². The van der Waals surface area contributed by atoms with Crippen LogP contribution in [0.25, 0.3) is 0 Å². The summed E-state index contributed by atoms with van der Waals surface area (Å²) in [6.07, 6.45) is 0. The molecular formula is C19H22N2O2. The smallest absolute Gasteiger partial charge is 0.252 e. The first-order valence-corrected chi connectivity index (χ1v) is 7.68. The highest BCUT2D eigenvalue weighted by atomic mass is 16.2. The third kappa shape index (κ3) is 4.05. The van der Waals surface area contributed by atoms with E-state index in [4.69, 9.17) is 0 Å². The lowest BCUT2D eigenvalue weighted by atomic mass is 9.95. The maximum Gasteiger partial charge on any atom is 0.252 e. The van der Waals surface area contributed by atoms with Crippen LogP contribution >= 0.6 is 0 Å². The van der Waals surface area contributed by atoms with Gasteiger partial charge in [-0.1, -0.05) is 30.3 Å². The zero-order valence-electron chi connectivity index (χ0n) is 13.8. The predicted molar refractivity (Wildman–Crippen MR) is 92.1 cm³/mol. The molecule has 1 amide bonds. The normalized spacial score (nSPS) is 10.4. The van der Waals surface area contributed by atoms with E-state index in [0.29, 0.717) is 29.8 Å². The summed E-state index contributed by atoms with van der Waals surface area (Å²) in [6, 6.07) is 12.5. The van der Waals surface area contributed by atoms with Crippen molar-refractivity contribution in [3.63, 3.8) is 0 Å². The summed E-state index contributed by atoms with van der Waals surface area (Å²) in [6.45, 7) is 5.18. The van der Waals surface area contributed by atoms with Gasteiger partial charge in [0, 0.05) is 24.2 Å². The van der Waals surface area contributed by atoms with Crippen molar-refractivity contribution in [3.8, 4) is 0 Å². The van der Waals surface area contributed by atoms with E-state index in [9.17, 15) is 9.59 Å². The fourth-order valence-electron chi connectivity index (χ4n) is 2.31. The number of carbonyl (C=O) groups excluding carboxylic acids is 2. The quantitative estimate of drug-likeness (QED) is 0.636. The molecule has 4 nitrogen and oxygen atoms in total. The van der Waals surface area contributed by atoms with Gasteiger partial charge in [0.2, 0.25) is 0 Å². The lowest BCUT2D eigenvalue weighted by molar-refractivity contribution is 0.0942. The Hall–Kier alpha value is -2.46. The number of amides is 1. The van der Waals surface area contributed by atoms with Crippen molar-refractivity contribution >= 4 is 11.7 Å². The van der Waals surface area contributed by atoms with Crippen molar-refractivity contribution in [1.82, 2.24) is 10.6 Å². The molecule has 0 heterocycles. The van der Waals surface area contributed by atoms with Crippen LogP contribution in [0.3, 0.4) is 0 Å². The van der Waals surface area contributed by atoms with Crippen LogP contribution in [0.15, 0.2) is 42.5 Å². The van der Waals surface area contributed by atoms with Crippen LogP contribution in [0.5, 0.6) is 0 Å². The molecule has 2 rings (SSSR count). The fraction of sp³-hybridized carbons (Fsp3) is 0.263. The molecule has 0 radical (unpaired) electrons. The Morgan fingerprint density at radius 2 is 1.61 bits per heavy atom. The predicted octanol–water partition coefficient (Wildman–Crippen LogP) is 2.48. The zero-order valence-corrected chi connectivity index (χ0v) is 13.8. The topological polar surface area (TPSA) is 58.2 Å². The van der Waals surface area contributed by atoms with Gasteiger partial charge in [0.05, 0.1) is 5.56 Å². The number of ketones is 1. The van der Waals surface area contributed by atoms with Crippen LogP contribution in [0.2, 0.25) is 0 Å². The molecule has 0 saturated heterocycles. The minimum Gasteiger partial charge on any atom is -0.351 e. The Morgan fingerprint density at radius 1 is 0.913 bits per heavy atom. The summed E-state index contributed by atoms with van der Waals surface area (Å²) in [5.41, 5.74) is 3.64. The number of rotatable bonds is 6. The maximum atomic E-state index is 12.8. The van der Waals surface area contributed by atoms with E-state index in [1.165, 1.54) is 0 Å². The number of likely N-dealkylation sites (N-methyl/N-ethyl adjacent to an activating group) is 1. The van der Waals surface area contributed by atoms with Crippen LogP contribution in [0.1, 0.15) is 37.4 Å². The van der Waals surface area contributed by atoms with Gasteiger partial charge in [-0.2, -0.15) is 0 Å². The first kappa shape index (κ1) is 16.9. The molecule has 0 bridgehead atoms. The molecule has 0 fully saturated rings.